The van der Waals surface area contributed by atoms with Crippen LogP contribution < -0.4 is 4.72 Å². The number of nitrogens with one attached hydrogen (secondary N) is 1. The number of benzene rings is 2. The van der Waals surface area contributed by atoms with Crippen LogP contribution >= 0.6 is 0 Å². The number of sulfonamides is 1. The van der Waals surface area contributed by atoms with Gasteiger partial charge in [0.15, 0.2) is 0 Å². The summed E-state index contributed by atoms with van der Waals surface area (Å²) in [5.41, 5.74) is 1.80. The molecule has 0 aliphatic carbocycles. The first-order chi connectivity index (χ1) is 12.1. The van der Waals surface area contributed by atoms with Crippen molar-refractivity contribution in [3.05, 3.63) is 65.7 Å². The number of fused-ring (bicyclic) bond motifs is 1. The van der Waals surface area contributed by atoms with E-state index in [1.165, 1.54) is 0 Å². The Balaban J connectivity index is 1.59. The van der Waals surface area contributed by atoms with E-state index in [0.29, 0.717) is 22.8 Å². The highest BCUT2D eigenvalue weighted by Crippen LogP contribution is 2.34. The van der Waals surface area contributed by atoms with Crippen LogP contribution in [0.5, 0.6) is 0 Å². The molecule has 4 rings (SSSR count). The van der Waals surface area contributed by atoms with Crippen LogP contribution in [0.1, 0.15) is 30.1 Å². The fourth-order valence-electron chi connectivity index (χ4n) is 3.50. The van der Waals surface area contributed by atoms with Gasteiger partial charge in [0.2, 0.25) is 0 Å². The molecule has 2 aromatic carbocycles. The number of hydrogen-bond donors (Lipinski definition) is 1. The van der Waals surface area contributed by atoms with E-state index in [1.54, 1.807) is 18.2 Å². The lowest BCUT2D eigenvalue weighted by atomic mass is 9.89. The average molecular weight is 356 g/mol. The minimum atomic E-state index is -3.49. The Morgan fingerprint density at radius 1 is 1.08 bits per heavy atom. The highest BCUT2D eigenvalue weighted by atomic mass is 32.2. The molecule has 0 amide bonds. The number of amidine groups is 1. The van der Waals surface area contributed by atoms with Crippen molar-refractivity contribution >= 4 is 15.9 Å². The average Bonchev–Trinajstić information content (AvgIpc) is 2.92. The minimum Gasteiger partial charge on any atom is -0.373 e. The zero-order valence-electron chi connectivity index (χ0n) is 13.8. The number of aliphatic imine (C=N–C) groups is 1. The van der Waals surface area contributed by atoms with Crippen LogP contribution in [-0.4, -0.2) is 27.4 Å². The first kappa shape index (κ1) is 16.3. The molecule has 0 bridgehead atoms. The van der Waals surface area contributed by atoms with Crippen LogP contribution in [0.4, 0.5) is 0 Å². The van der Waals surface area contributed by atoms with Crippen molar-refractivity contribution in [2.75, 3.05) is 13.2 Å². The molecule has 1 N–H and O–H groups in total. The smallest absolute Gasteiger partial charge is 0.263 e. The maximum absolute atomic E-state index is 12.2. The van der Waals surface area contributed by atoms with Gasteiger partial charge in [-0.1, -0.05) is 42.5 Å². The van der Waals surface area contributed by atoms with Crippen LogP contribution in [0, 0.1) is 5.92 Å². The lowest BCUT2D eigenvalue weighted by Gasteiger charge is -2.31. The number of ether oxygens (including phenoxy) is 1. The Bertz CT molecular complexity index is 894. The molecule has 130 valence electrons. The third-order valence-corrected chi connectivity index (χ3v) is 6.12. The second-order valence-electron chi connectivity index (χ2n) is 6.40. The minimum absolute atomic E-state index is 0.00699. The fourth-order valence-corrected chi connectivity index (χ4v) is 4.75. The molecule has 0 spiro atoms. The molecular formula is C19H20N2O3S. The fraction of sp³-hybridized carbons (Fsp3) is 0.316. The summed E-state index contributed by atoms with van der Waals surface area (Å²) in [6.45, 7) is 1.29. The molecule has 0 radical (unpaired) electrons. The Kier molecular flexibility index (Phi) is 4.31. The van der Waals surface area contributed by atoms with Gasteiger partial charge in [-0.25, -0.2) is 8.42 Å². The second-order valence-corrected chi connectivity index (χ2v) is 8.05. The first-order valence-corrected chi connectivity index (χ1v) is 9.97. The van der Waals surface area contributed by atoms with Gasteiger partial charge in [0.1, 0.15) is 5.84 Å². The quantitative estimate of drug-likeness (QED) is 0.919. The number of nitrogens with zero attached hydrogens (tertiary/aromatic N) is 1. The summed E-state index contributed by atoms with van der Waals surface area (Å²) >= 11 is 0. The Morgan fingerprint density at radius 3 is 2.68 bits per heavy atom. The van der Waals surface area contributed by atoms with E-state index in [9.17, 15) is 8.42 Å². The summed E-state index contributed by atoms with van der Waals surface area (Å²) in [6.07, 6.45) is 2.03. The second kappa shape index (κ2) is 6.61. The van der Waals surface area contributed by atoms with Crippen molar-refractivity contribution in [1.82, 2.24) is 4.72 Å². The molecule has 0 aromatic heterocycles. The SMILES string of the molecule is O=S1(=O)NC(=NCC2CCCOC2c2ccccc2)c2ccccc21. The molecule has 1 saturated heterocycles. The molecule has 25 heavy (non-hydrogen) atoms. The zero-order chi connectivity index (χ0) is 17.3. The van der Waals surface area contributed by atoms with E-state index in [1.807, 2.05) is 24.3 Å². The summed E-state index contributed by atoms with van der Waals surface area (Å²) in [5, 5.41) is 0. The van der Waals surface area contributed by atoms with Gasteiger partial charge in [-0.3, -0.25) is 9.71 Å². The molecule has 2 aliphatic rings. The third-order valence-electron chi connectivity index (χ3n) is 4.72. The van der Waals surface area contributed by atoms with Crippen molar-refractivity contribution in [1.29, 1.82) is 0 Å². The van der Waals surface area contributed by atoms with E-state index >= 15 is 0 Å². The van der Waals surface area contributed by atoms with Crippen molar-refractivity contribution in [2.45, 2.75) is 23.8 Å². The largest absolute Gasteiger partial charge is 0.373 e. The van der Waals surface area contributed by atoms with Gasteiger partial charge in [0, 0.05) is 24.6 Å². The van der Waals surface area contributed by atoms with Crippen LogP contribution in [0.15, 0.2) is 64.5 Å². The van der Waals surface area contributed by atoms with Gasteiger partial charge in [0.05, 0.1) is 11.0 Å². The molecule has 2 atom stereocenters. The maximum Gasteiger partial charge on any atom is 0.263 e. The molecule has 2 aliphatic heterocycles. The van der Waals surface area contributed by atoms with E-state index in [-0.39, 0.29) is 12.0 Å². The van der Waals surface area contributed by atoms with E-state index in [0.717, 1.165) is 25.0 Å². The van der Waals surface area contributed by atoms with E-state index in [2.05, 4.69) is 21.8 Å². The summed E-state index contributed by atoms with van der Waals surface area (Å²) in [6, 6.07) is 17.1. The monoisotopic (exact) mass is 356 g/mol. The van der Waals surface area contributed by atoms with Gasteiger partial charge >= 0.3 is 0 Å². The molecule has 1 fully saturated rings. The zero-order valence-corrected chi connectivity index (χ0v) is 14.6. The van der Waals surface area contributed by atoms with Crippen molar-refractivity contribution in [3.63, 3.8) is 0 Å². The Hall–Kier alpha value is -2.18. The summed E-state index contributed by atoms with van der Waals surface area (Å²) in [4.78, 5) is 4.91. The van der Waals surface area contributed by atoms with Crippen molar-refractivity contribution in [3.8, 4) is 0 Å². The predicted molar refractivity (Wildman–Crippen MR) is 96.0 cm³/mol. The normalized spacial score (nSPS) is 26.2. The van der Waals surface area contributed by atoms with Crippen molar-refractivity contribution in [2.24, 2.45) is 10.9 Å². The standard InChI is InChI=1S/C19H20N2O3S/c22-25(23)17-11-5-4-10-16(17)19(21-25)20-13-15-9-6-12-24-18(15)14-7-2-1-3-8-14/h1-5,7-8,10-11,15,18H,6,9,12-13H2,(H,20,21). The lowest BCUT2D eigenvalue weighted by molar-refractivity contribution is -0.0249. The number of hydrogen-bond acceptors (Lipinski definition) is 4. The van der Waals surface area contributed by atoms with Gasteiger partial charge in [-0.15, -0.1) is 0 Å². The molecule has 6 heteroatoms. The molecule has 0 saturated carbocycles. The van der Waals surface area contributed by atoms with Crippen LogP contribution in [0.2, 0.25) is 0 Å². The third kappa shape index (κ3) is 3.19. The Labute approximate surface area is 147 Å². The molecule has 5 nitrogen and oxygen atoms in total. The van der Waals surface area contributed by atoms with Gasteiger partial charge in [-0.05, 0) is 30.5 Å². The molecule has 2 heterocycles. The highest BCUT2D eigenvalue weighted by Gasteiger charge is 2.31. The predicted octanol–water partition coefficient (Wildman–Crippen LogP) is 2.89. The molecular weight excluding hydrogens is 336 g/mol. The number of rotatable bonds is 3. The Morgan fingerprint density at radius 2 is 1.84 bits per heavy atom. The molecule has 2 aromatic rings. The summed E-state index contributed by atoms with van der Waals surface area (Å²) < 4.78 is 32.9. The highest BCUT2D eigenvalue weighted by molar-refractivity contribution is 7.90. The topological polar surface area (TPSA) is 67.8 Å². The van der Waals surface area contributed by atoms with Crippen LogP contribution in [0.25, 0.3) is 0 Å². The molecule has 2 unspecified atom stereocenters. The van der Waals surface area contributed by atoms with Crippen molar-refractivity contribution < 1.29 is 13.2 Å². The maximum atomic E-state index is 12.2. The summed E-state index contributed by atoms with van der Waals surface area (Å²) in [7, 11) is -3.49. The summed E-state index contributed by atoms with van der Waals surface area (Å²) in [5.74, 6) is 0.675. The van der Waals surface area contributed by atoms with Crippen LogP contribution in [-0.2, 0) is 14.8 Å². The lowest BCUT2D eigenvalue weighted by Crippen LogP contribution is -2.27. The van der Waals surface area contributed by atoms with Crippen LogP contribution in [0.3, 0.4) is 0 Å². The first-order valence-electron chi connectivity index (χ1n) is 8.48. The van der Waals surface area contributed by atoms with E-state index in [4.69, 9.17) is 4.74 Å². The van der Waals surface area contributed by atoms with E-state index < -0.39 is 10.0 Å². The van der Waals surface area contributed by atoms with Gasteiger partial charge in [0.25, 0.3) is 10.0 Å². The van der Waals surface area contributed by atoms with Gasteiger partial charge < -0.3 is 4.74 Å². The van der Waals surface area contributed by atoms with Gasteiger partial charge in [-0.2, -0.15) is 0 Å².